The first-order chi connectivity index (χ1) is 5.34. The van der Waals surface area contributed by atoms with Crippen molar-refractivity contribution in [2.75, 3.05) is 0 Å². The molecule has 0 aliphatic carbocycles. The van der Waals surface area contributed by atoms with Crippen LogP contribution in [0.15, 0.2) is 36.4 Å². The zero-order valence-corrected chi connectivity index (χ0v) is 5.99. The lowest BCUT2D eigenvalue weighted by Gasteiger charge is -1.96. The number of benzene rings is 1. The minimum Gasteiger partial charge on any atom is -0.398 e. The fourth-order valence-corrected chi connectivity index (χ4v) is 0.783. The highest BCUT2D eigenvalue weighted by atomic mass is 14.6. The van der Waals surface area contributed by atoms with Gasteiger partial charge in [0, 0.05) is 11.8 Å². The molecule has 2 nitrogen and oxygen atoms in total. The molecule has 0 bridgehead atoms. The topological polar surface area (TPSA) is 49.8 Å². The molecule has 0 amide bonds. The predicted octanol–water partition coefficient (Wildman–Crippen LogP) is 1.51. The molecule has 1 rings (SSSR count). The molecule has 0 spiro atoms. The second-order valence-electron chi connectivity index (χ2n) is 2.09. The van der Waals surface area contributed by atoms with E-state index < -0.39 is 0 Å². The molecule has 2 N–H and O–H groups in total. The van der Waals surface area contributed by atoms with Crippen LogP contribution in [0.1, 0.15) is 5.56 Å². The molecule has 0 aromatic heterocycles. The molecule has 0 radical (unpaired) electrons. The summed E-state index contributed by atoms with van der Waals surface area (Å²) in [4.78, 5) is 0. The normalized spacial score (nSPS) is 10.6. The average molecular weight is 144 g/mol. The van der Waals surface area contributed by atoms with Gasteiger partial charge in [-0.2, -0.15) is 5.26 Å². The van der Waals surface area contributed by atoms with Gasteiger partial charge in [0.2, 0.25) is 0 Å². The number of rotatable bonds is 1. The number of hydrogen-bond acceptors (Lipinski definition) is 2. The Balaban J connectivity index is 2.96. The van der Waals surface area contributed by atoms with Crippen LogP contribution in [0.4, 0.5) is 0 Å². The molecule has 0 atom stereocenters. The molecule has 1 aromatic carbocycles. The molecule has 0 fully saturated rings. The highest BCUT2D eigenvalue weighted by molar-refractivity contribution is 5.64. The molecule has 11 heavy (non-hydrogen) atoms. The molecular formula is C9H8N2. The molecular weight excluding hydrogens is 136 g/mol. The number of hydrogen-bond donors (Lipinski definition) is 1. The first kappa shape index (κ1) is 7.36. The van der Waals surface area contributed by atoms with Crippen LogP contribution in [-0.4, -0.2) is 0 Å². The van der Waals surface area contributed by atoms with Gasteiger partial charge < -0.3 is 5.73 Å². The highest BCUT2D eigenvalue weighted by Gasteiger charge is 1.91. The lowest BCUT2D eigenvalue weighted by Crippen LogP contribution is -1.94. The SMILES string of the molecule is N#CC=C(N)c1ccccc1. The Labute approximate surface area is 65.6 Å². The molecule has 0 heterocycles. The smallest absolute Gasteiger partial charge is 0.0933 e. The van der Waals surface area contributed by atoms with Crippen LogP contribution in [0, 0.1) is 11.3 Å². The second kappa shape index (κ2) is 3.43. The zero-order valence-electron chi connectivity index (χ0n) is 5.99. The van der Waals surface area contributed by atoms with Crippen molar-refractivity contribution in [3.63, 3.8) is 0 Å². The lowest BCUT2D eigenvalue weighted by molar-refractivity contribution is 1.49. The van der Waals surface area contributed by atoms with Crippen LogP contribution >= 0.6 is 0 Å². The Hall–Kier alpha value is -1.75. The van der Waals surface area contributed by atoms with Crippen LogP contribution < -0.4 is 5.73 Å². The van der Waals surface area contributed by atoms with E-state index in [9.17, 15) is 0 Å². The first-order valence-corrected chi connectivity index (χ1v) is 3.25. The Kier molecular flexibility index (Phi) is 2.29. The van der Waals surface area contributed by atoms with Crippen LogP contribution in [0.3, 0.4) is 0 Å². The molecule has 1 aromatic rings. The van der Waals surface area contributed by atoms with E-state index in [2.05, 4.69) is 0 Å². The minimum atomic E-state index is 0.508. The number of allylic oxidation sites excluding steroid dienone is 1. The first-order valence-electron chi connectivity index (χ1n) is 3.25. The summed E-state index contributed by atoms with van der Waals surface area (Å²) in [5, 5.41) is 8.29. The summed E-state index contributed by atoms with van der Waals surface area (Å²) < 4.78 is 0. The van der Waals surface area contributed by atoms with E-state index in [4.69, 9.17) is 11.0 Å². The third kappa shape index (κ3) is 1.84. The lowest BCUT2D eigenvalue weighted by atomic mass is 10.2. The van der Waals surface area contributed by atoms with Gasteiger partial charge >= 0.3 is 0 Å². The van der Waals surface area contributed by atoms with Crippen LogP contribution in [0.5, 0.6) is 0 Å². The maximum Gasteiger partial charge on any atom is 0.0933 e. The van der Waals surface area contributed by atoms with E-state index in [1.54, 1.807) is 0 Å². The van der Waals surface area contributed by atoms with Crippen molar-refractivity contribution in [2.24, 2.45) is 5.73 Å². The Morgan fingerprint density at radius 3 is 2.55 bits per heavy atom. The van der Waals surface area contributed by atoms with Crippen molar-refractivity contribution in [1.29, 1.82) is 5.26 Å². The number of nitrogens with two attached hydrogens (primary N) is 1. The fourth-order valence-electron chi connectivity index (χ4n) is 0.783. The van der Waals surface area contributed by atoms with Gasteiger partial charge in [-0.1, -0.05) is 30.3 Å². The Morgan fingerprint density at radius 2 is 2.00 bits per heavy atom. The monoisotopic (exact) mass is 144 g/mol. The van der Waals surface area contributed by atoms with Gasteiger partial charge in [-0.15, -0.1) is 0 Å². The fraction of sp³-hybridized carbons (Fsp3) is 0. The van der Waals surface area contributed by atoms with E-state index in [0.717, 1.165) is 5.56 Å². The summed E-state index contributed by atoms with van der Waals surface area (Å²) in [5.74, 6) is 0. The molecule has 0 saturated heterocycles. The quantitative estimate of drug-likeness (QED) is 0.607. The van der Waals surface area contributed by atoms with Gasteiger partial charge in [0.25, 0.3) is 0 Å². The Bertz CT molecular complexity index is 293. The van der Waals surface area contributed by atoms with Gasteiger partial charge in [0.1, 0.15) is 0 Å². The van der Waals surface area contributed by atoms with Crippen molar-refractivity contribution in [2.45, 2.75) is 0 Å². The average Bonchev–Trinajstić information content (AvgIpc) is 2.07. The van der Waals surface area contributed by atoms with Gasteiger partial charge in [0.15, 0.2) is 0 Å². The van der Waals surface area contributed by atoms with Gasteiger partial charge in [-0.3, -0.25) is 0 Å². The van der Waals surface area contributed by atoms with Crippen molar-refractivity contribution in [3.8, 4) is 6.07 Å². The van der Waals surface area contributed by atoms with E-state index in [-0.39, 0.29) is 0 Å². The maximum absolute atomic E-state index is 8.29. The predicted molar refractivity (Wildman–Crippen MR) is 44.2 cm³/mol. The van der Waals surface area contributed by atoms with Crippen molar-refractivity contribution in [3.05, 3.63) is 42.0 Å². The summed E-state index contributed by atoms with van der Waals surface area (Å²) >= 11 is 0. The zero-order chi connectivity index (χ0) is 8.10. The summed E-state index contributed by atoms with van der Waals surface area (Å²) in [7, 11) is 0. The molecule has 0 aliphatic rings. The van der Waals surface area contributed by atoms with Gasteiger partial charge in [0.05, 0.1) is 6.07 Å². The second-order valence-corrected chi connectivity index (χ2v) is 2.09. The van der Waals surface area contributed by atoms with Crippen LogP contribution in [-0.2, 0) is 0 Å². The van der Waals surface area contributed by atoms with Crippen molar-refractivity contribution in [1.82, 2.24) is 0 Å². The summed E-state index contributed by atoms with van der Waals surface area (Å²) in [6.07, 6.45) is 1.33. The highest BCUT2D eigenvalue weighted by Crippen LogP contribution is 2.06. The Morgan fingerprint density at radius 1 is 1.36 bits per heavy atom. The van der Waals surface area contributed by atoms with E-state index >= 15 is 0 Å². The van der Waals surface area contributed by atoms with Gasteiger partial charge in [-0.05, 0) is 5.56 Å². The molecule has 0 unspecified atom stereocenters. The summed E-state index contributed by atoms with van der Waals surface area (Å²) in [6, 6.07) is 11.3. The number of nitriles is 1. The van der Waals surface area contributed by atoms with Gasteiger partial charge in [-0.25, -0.2) is 0 Å². The minimum absolute atomic E-state index is 0.508. The standard InChI is InChI=1S/C9H8N2/c10-7-6-9(11)8-4-2-1-3-5-8/h1-6H,11H2. The van der Waals surface area contributed by atoms with Crippen LogP contribution in [0.25, 0.3) is 5.70 Å². The third-order valence-electron chi connectivity index (χ3n) is 1.33. The van der Waals surface area contributed by atoms with Crippen molar-refractivity contribution >= 4 is 5.70 Å². The third-order valence-corrected chi connectivity index (χ3v) is 1.33. The van der Waals surface area contributed by atoms with E-state index in [0.29, 0.717) is 5.70 Å². The molecule has 0 saturated carbocycles. The van der Waals surface area contributed by atoms with E-state index in [1.165, 1.54) is 6.08 Å². The number of nitrogens with zero attached hydrogens (tertiary/aromatic N) is 1. The molecule has 54 valence electrons. The largest absolute Gasteiger partial charge is 0.398 e. The molecule has 0 aliphatic heterocycles. The summed E-state index contributed by atoms with van der Waals surface area (Å²) in [5.41, 5.74) is 6.94. The molecule has 2 heteroatoms. The maximum atomic E-state index is 8.29. The summed E-state index contributed by atoms with van der Waals surface area (Å²) in [6.45, 7) is 0. The van der Waals surface area contributed by atoms with E-state index in [1.807, 2.05) is 36.4 Å². The van der Waals surface area contributed by atoms with Crippen molar-refractivity contribution < 1.29 is 0 Å². The van der Waals surface area contributed by atoms with Crippen LogP contribution in [0.2, 0.25) is 0 Å².